The number of piperazine rings is 1. The molecular weight excluding hydrogens is 530 g/mol. The number of carbonyl (C=O) groups excluding carboxylic acids is 2. The van der Waals surface area contributed by atoms with Crippen LogP contribution in [0.2, 0.25) is 0 Å². The molecule has 2 aromatic carbocycles. The van der Waals surface area contributed by atoms with Crippen molar-refractivity contribution in [2.45, 2.75) is 57.5 Å². The van der Waals surface area contributed by atoms with Crippen molar-refractivity contribution in [2.75, 3.05) is 60.9 Å². The third-order valence-electron chi connectivity index (χ3n) is 8.70. The van der Waals surface area contributed by atoms with Gasteiger partial charge < -0.3 is 29.5 Å². The number of unbranched alkanes of at least 4 members (excludes halogenated alkanes) is 1. The van der Waals surface area contributed by atoms with Crippen LogP contribution in [0, 0.1) is 6.92 Å². The molecule has 3 aromatic rings. The van der Waals surface area contributed by atoms with Crippen molar-refractivity contribution in [3.05, 3.63) is 71.4 Å². The Balaban J connectivity index is 1.14. The van der Waals surface area contributed by atoms with Gasteiger partial charge in [0.25, 0.3) is 5.91 Å². The van der Waals surface area contributed by atoms with Crippen molar-refractivity contribution < 1.29 is 19.1 Å². The summed E-state index contributed by atoms with van der Waals surface area (Å²) >= 11 is 0. The molecule has 0 radical (unpaired) electrons. The average molecular weight is 572 g/mol. The first-order valence-electron chi connectivity index (χ1n) is 15.3. The molecule has 2 saturated heterocycles. The number of aryl methyl sites for hydroxylation is 1. The number of nitrogens with zero attached hydrogens (tertiary/aromatic N) is 4. The Morgan fingerprint density at radius 3 is 2.45 bits per heavy atom. The van der Waals surface area contributed by atoms with Gasteiger partial charge in [-0.05, 0) is 75.4 Å². The van der Waals surface area contributed by atoms with E-state index < -0.39 is 0 Å². The minimum Gasteiger partial charge on any atom is -0.448 e. The second kappa shape index (κ2) is 12.7. The molecule has 1 saturated carbocycles. The fourth-order valence-electron chi connectivity index (χ4n) is 6.07. The number of oxazole rings is 1. The fraction of sp³-hybridized carbons (Fsp3) is 0.485. The number of aromatic nitrogens is 1. The first kappa shape index (κ1) is 28.4. The molecule has 3 fully saturated rings. The van der Waals surface area contributed by atoms with Crippen LogP contribution in [0.15, 0.2) is 53.1 Å². The maximum atomic E-state index is 13.3. The molecule has 1 aromatic heterocycles. The minimum atomic E-state index is -0.331. The van der Waals surface area contributed by atoms with Crippen molar-refractivity contribution in [1.82, 2.24) is 9.88 Å². The highest BCUT2D eigenvalue weighted by Crippen LogP contribution is 2.39. The summed E-state index contributed by atoms with van der Waals surface area (Å²) in [5.74, 6) is 0.686. The van der Waals surface area contributed by atoms with Crippen molar-refractivity contribution >= 4 is 28.8 Å². The topological polar surface area (TPSA) is 102 Å². The zero-order valence-electron chi connectivity index (χ0n) is 24.4. The molecule has 42 heavy (non-hydrogen) atoms. The van der Waals surface area contributed by atoms with Gasteiger partial charge in [0.05, 0.1) is 17.5 Å². The smallest absolute Gasteiger partial charge is 0.277 e. The molecular formula is C33H41N5O4. The van der Waals surface area contributed by atoms with Crippen LogP contribution >= 0.6 is 0 Å². The number of hydrogen-bond donors (Lipinski definition) is 2. The van der Waals surface area contributed by atoms with E-state index in [0.29, 0.717) is 29.5 Å². The number of carbonyl (C=O) groups is 2. The third kappa shape index (κ3) is 6.68. The van der Waals surface area contributed by atoms with Gasteiger partial charge in [-0.25, -0.2) is 4.98 Å². The predicted octanol–water partition coefficient (Wildman–Crippen LogP) is 4.86. The highest BCUT2D eigenvalue weighted by molar-refractivity contribution is 6.06. The number of benzene rings is 2. The van der Waals surface area contributed by atoms with Crippen LogP contribution in [0.4, 0.5) is 17.1 Å². The van der Waals surface area contributed by atoms with Crippen LogP contribution in [-0.4, -0.2) is 78.6 Å². The van der Waals surface area contributed by atoms with Gasteiger partial charge in [-0.2, -0.15) is 0 Å². The maximum absolute atomic E-state index is 13.3. The molecule has 9 nitrogen and oxygen atoms in total. The average Bonchev–Trinajstić information content (AvgIpc) is 3.58. The van der Waals surface area contributed by atoms with Gasteiger partial charge in [-0.15, -0.1) is 0 Å². The van der Waals surface area contributed by atoms with E-state index >= 15 is 0 Å². The van der Waals surface area contributed by atoms with Crippen LogP contribution < -0.4 is 15.1 Å². The Labute approximate surface area is 247 Å². The Kier molecular flexibility index (Phi) is 8.58. The van der Waals surface area contributed by atoms with Gasteiger partial charge in [-0.1, -0.05) is 18.2 Å². The summed E-state index contributed by atoms with van der Waals surface area (Å²) in [6.07, 6.45) is 6.29. The maximum Gasteiger partial charge on any atom is 0.277 e. The summed E-state index contributed by atoms with van der Waals surface area (Å²) in [6.45, 7) is 8.01. The van der Waals surface area contributed by atoms with Crippen molar-refractivity contribution in [1.29, 1.82) is 0 Å². The lowest BCUT2D eigenvalue weighted by Gasteiger charge is -2.38. The number of likely N-dealkylation sites (tertiary alicyclic amines) is 1. The molecule has 3 aliphatic rings. The van der Waals surface area contributed by atoms with Gasteiger partial charge >= 0.3 is 0 Å². The van der Waals surface area contributed by atoms with Gasteiger partial charge in [0.1, 0.15) is 6.26 Å². The van der Waals surface area contributed by atoms with Crippen LogP contribution in [0.1, 0.15) is 76.7 Å². The van der Waals surface area contributed by atoms with E-state index in [9.17, 15) is 14.7 Å². The highest BCUT2D eigenvalue weighted by atomic mass is 16.3. The normalized spacial score (nSPS) is 19.3. The summed E-state index contributed by atoms with van der Waals surface area (Å²) < 4.78 is 5.56. The Morgan fingerprint density at radius 2 is 1.74 bits per heavy atom. The number of Topliss-reactive ketones (excluding diaryl/α,β-unsaturated/α-hetero) is 1. The number of aliphatic hydroxyl groups is 1. The van der Waals surface area contributed by atoms with Crippen LogP contribution in [-0.2, 0) is 0 Å². The molecule has 9 heteroatoms. The van der Waals surface area contributed by atoms with E-state index in [4.69, 9.17) is 4.42 Å². The quantitative estimate of drug-likeness (QED) is 0.249. The van der Waals surface area contributed by atoms with Gasteiger partial charge in [0.15, 0.2) is 17.4 Å². The SMILES string of the molecule is Cc1ccccc1N1CCN(c2ccc(C(=O)CCCCN3CCC(O)C3)cc2NC(=O)c2coc(C3CC3)n2)CC1. The Bertz CT molecular complexity index is 1410. The van der Waals surface area contributed by atoms with E-state index in [1.54, 1.807) is 0 Å². The monoisotopic (exact) mass is 571 g/mol. The summed E-state index contributed by atoms with van der Waals surface area (Å²) in [4.78, 5) is 37.8. The molecule has 6 rings (SSSR count). The summed E-state index contributed by atoms with van der Waals surface area (Å²) in [6, 6.07) is 14.1. The highest BCUT2D eigenvalue weighted by Gasteiger charge is 2.30. The molecule has 222 valence electrons. The number of para-hydroxylation sites is 1. The van der Waals surface area contributed by atoms with E-state index in [1.165, 1.54) is 17.5 Å². The van der Waals surface area contributed by atoms with Crippen LogP contribution in [0.5, 0.6) is 0 Å². The number of anilines is 3. The summed E-state index contributed by atoms with van der Waals surface area (Å²) in [5.41, 5.74) is 4.90. The van der Waals surface area contributed by atoms with E-state index in [2.05, 4.69) is 56.2 Å². The standard InChI is InChI=1S/C33H41N5O4/c1-23-6-2-3-7-29(23)37-16-18-38(19-17-37)30-12-11-25(31(40)8-4-5-14-36-15-13-26(39)21-36)20-27(30)34-32(41)28-22-42-33(35-28)24-9-10-24/h2-3,6-7,11-12,20,22,24,26,39H,4-5,8-10,13-19,21H2,1H3,(H,34,41). The van der Waals surface area contributed by atoms with Gasteiger partial charge in [0.2, 0.25) is 0 Å². The summed E-state index contributed by atoms with van der Waals surface area (Å²) in [5, 5.41) is 12.8. The number of hydrogen-bond acceptors (Lipinski definition) is 8. The van der Waals surface area contributed by atoms with Crippen molar-refractivity contribution in [3.8, 4) is 0 Å². The first-order chi connectivity index (χ1) is 20.4. The lowest BCUT2D eigenvalue weighted by Crippen LogP contribution is -2.47. The molecule has 1 amide bonds. The largest absolute Gasteiger partial charge is 0.448 e. The van der Waals surface area contributed by atoms with Crippen molar-refractivity contribution in [2.24, 2.45) is 0 Å². The number of β-amino-alcohol motifs (C(OH)–C–C–N with tert-alkyl or cyclic N) is 1. The van der Waals surface area contributed by atoms with Gasteiger partial charge in [0, 0.05) is 62.9 Å². The Morgan fingerprint density at radius 1 is 0.976 bits per heavy atom. The minimum absolute atomic E-state index is 0.0698. The molecule has 2 N–H and O–H groups in total. The Hall–Kier alpha value is -3.69. The van der Waals surface area contributed by atoms with Gasteiger partial charge in [-0.3, -0.25) is 9.59 Å². The second-order valence-corrected chi connectivity index (χ2v) is 11.9. The number of rotatable bonds is 11. The van der Waals surface area contributed by atoms with Crippen molar-refractivity contribution in [3.63, 3.8) is 0 Å². The molecule has 3 heterocycles. The van der Waals surface area contributed by atoms with E-state index in [-0.39, 0.29) is 23.5 Å². The zero-order valence-corrected chi connectivity index (χ0v) is 24.4. The second-order valence-electron chi connectivity index (χ2n) is 11.9. The molecule has 1 unspecified atom stereocenters. The molecule has 0 bridgehead atoms. The molecule has 0 spiro atoms. The van der Waals surface area contributed by atoms with E-state index in [0.717, 1.165) is 83.6 Å². The third-order valence-corrected chi connectivity index (χ3v) is 8.70. The van der Waals surface area contributed by atoms with Crippen LogP contribution in [0.3, 0.4) is 0 Å². The predicted molar refractivity (Wildman–Crippen MR) is 164 cm³/mol. The zero-order chi connectivity index (χ0) is 29.1. The molecule has 2 aliphatic heterocycles. The lowest BCUT2D eigenvalue weighted by molar-refractivity contribution is 0.0975. The number of aliphatic hydroxyl groups excluding tert-OH is 1. The number of amides is 1. The first-order valence-corrected chi connectivity index (χ1v) is 15.3. The van der Waals surface area contributed by atoms with E-state index in [1.807, 2.05) is 18.2 Å². The molecule has 1 aliphatic carbocycles. The van der Waals surface area contributed by atoms with Crippen LogP contribution in [0.25, 0.3) is 0 Å². The lowest BCUT2D eigenvalue weighted by atomic mass is 10.0. The number of nitrogens with one attached hydrogen (secondary N) is 1. The fourth-order valence-corrected chi connectivity index (χ4v) is 6.07. The number of ketones is 1. The summed E-state index contributed by atoms with van der Waals surface area (Å²) in [7, 11) is 0. The molecule has 1 atom stereocenters.